The Labute approximate surface area is 110 Å². The molecule has 0 spiro atoms. The Bertz CT molecular complexity index is 703. The van der Waals surface area contributed by atoms with Crippen LogP contribution in [0.25, 0.3) is 22.2 Å². The minimum Gasteiger partial charge on any atom is -0.497 e. The molecule has 1 N–H and O–H groups in total. The maximum Gasteiger partial charge on any atom is 0.119 e. The van der Waals surface area contributed by atoms with Crippen LogP contribution in [0.15, 0.2) is 48.5 Å². The Kier molecular flexibility index (Phi) is 2.73. The average Bonchev–Trinajstić information content (AvgIpc) is 2.81. The van der Waals surface area contributed by atoms with Gasteiger partial charge in [0.1, 0.15) is 5.75 Å². The lowest BCUT2D eigenvalue weighted by Crippen LogP contribution is -1.83. The largest absolute Gasteiger partial charge is 0.497 e. The van der Waals surface area contributed by atoms with Gasteiger partial charge in [0.25, 0.3) is 0 Å². The number of benzene rings is 2. The second kappa shape index (κ2) is 4.39. The van der Waals surface area contributed by atoms with E-state index in [-0.39, 0.29) is 0 Å². The zero-order chi connectivity index (χ0) is 12.5. The lowest BCUT2D eigenvalue weighted by molar-refractivity contribution is 0.415. The van der Waals surface area contributed by atoms with Crippen LogP contribution in [0.3, 0.4) is 0 Å². The number of aromatic nitrogens is 1. The van der Waals surface area contributed by atoms with E-state index in [0.29, 0.717) is 0 Å². The SMILES string of the molecule is COc1cccc(-c2cc3ccc(Cl)cc3[nH]2)c1. The smallest absolute Gasteiger partial charge is 0.119 e. The number of hydrogen-bond donors (Lipinski definition) is 1. The summed E-state index contributed by atoms with van der Waals surface area (Å²) in [6.45, 7) is 0. The molecule has 0 amide bonds. The third kappa shape index (κ3) is 1.95. The summed E-state index contributed by atoms with van der Waals surface area (Å²) in [4.78, 5) is 3.36. The van der Waals surface area contributed by atoms with Crippen LogP contribution in [0.1, 0.15) is 0 Å². The van der Waals surface area contributed by atoms with E-state index in [9.17, 15) is 0 Å². The Morgan fingerprint density at radius 3 is 2.78 bits per heavy atom. The Morgan fingerprint density at radius 2 is 1.94 bits per heavy atom. The van der Waals surface area contributed by atoms with Gasteiger partial charge in [-0.3, -0.25) is 0 Å². The molecule has 0 aliphatic carbocycles. The lowest BCUT2D eigenvalue weighted by atomic mass is 10.1. The number of ether oxygens (including phenoxy) is 1. The van der Waals surface area contributed by atoms with Gasteiger partial charge in [-0.2, -0.15) is 0 Å². The van der Waals surface area contributed by atoms with Gasteiger partial charge in [0.05, 0.1) is 7.11 Å². The quantitative estimate of drug-likeness (QED) is 0.719. The van der Waals surface area contributed by atoms with Crippen molar-refractivity contribution in [3.63, 3.8) is 0 Å². The van der Waals surface area contributed by atoms with Gasteiger partial charge in [-0.15, -0.1) is 0 Å². The standard InChI is InChI=1S/C15H12ClNO/c1-18-13-4-2-3-10(7-13)14-8-11-5-6-12(16)9-15(11)17-14/h2-9,17H,1H3. The first kappa shape index (κ1) is 11.2. The molecule has 0 aliphatic rings. The molecule has 0 bridgehead atoms. The fourth-order valence-corrected chi connectivity index (χ4v) is 2.22. The molecule has 0 atom stereocenters. The van der Waals surface area contributed by atoms with E-state index < -0.39 is 0 Å². The van der Waals surface area contributed by atoms with Crippen molar-refractivity contribution in [3.8, 4) is 17.0 Å². The zero-order valence-electron chi connectivity index (χ0n) is 9.91. The molecule has 0 aliphatic heterocycles. The Hall–Kier alpha value is -1.93. The number of nitrogens with one attached hydrogen (secondary N) is 1. The van der Waals surface area contributed by atoms with Crippen LogP contribution >= 0.6 is 11.6 Å². The van der Waals surface area contributed by atoms with E-state index in [1.54, 1.807) is 7.11 Å². The summed E-state index contributed by atoms with van der Waals surface area (Å²) in [5.41, 5.74) is 3.20. The highest BCUT2D eigenvalue weighted by atomic mass is 35.5. The van der Waals surface area contributed by atoms with Gasteiger partial charge in [0.15, 0.2) is 0 Å². The normalized spacial score (nSPS) is 10.8. The minimum absolute atomic E-state index is 0.738. The second-order valence-electron chi connectivity index (χ2n) is 4.15. The molecular weight excluding hydrogens is 246 g/mol. The maximum absolute atomic E-state index is 5.98. The van der Waals surface area contributed by atoms with Crippen LogP contribution in [0.4, 0.5) is 0 Å². The highest BCUT2D eigenvalue weighted by Gasteiger charge is 2.04. The van der Waals surface area contributed by atoms with Gasteiger partial charge >= 0.3 is 0 Å². The number of aromatic amines is 1. The third-order valence-corrected chi connectivity index (χ3v) is 3.20. The lowest BCUT2D eigenvalue weighted by Gasteiger charge is -2.02. The minimum atomic E-state index is 0.738. The first-order valence-electron chi connectivity index (χ1n) is 5.69. The molecule has 2 nitrogen and oxygen atoms in total. The molecule has 0 saturated carbocycles. The molecule has 3 aromatic rings. The van der Waals surface area contributed by atoms with Gasteiger partial charge in [0.2, 0.25) is 0 Å². The van der Waals surface area contributed by atoms with E-state index in [0.717, 1.165) is 32.9 Å². The molecule has 0 saturated heterocycles. The van der Waals surface area contributed by atoms with Crippen molar-refractivity contribution in [2.24, 2.45) is 0 Å². The van der Waals surface area contributed by atoms with E-state index in [4.69, 9.17) is 16.3 Å². The first-order chi connectivity index (χ1) is 8.76. The fourth-order valence-electron chi connectivity index (χ4n) is 2.05. The van der Waals surface area contributed by atoms with Crippen molar-refractivity contribution in [1.82, 2.24) is 4.98 Å². The first-order valence-corrected chi connectivity index (χ1v) is 6.07. The van der Waals surface area contributed by atoms with Crippen molar-refractivity contribution in [3.05, 3.63) is 53.6 Å². The number of H-pyrrole nitrogens is 1. The summed E-state index contributed by atoms with van der Waals surface area (Å²) in [6.07, 6.45) is 0. The van der Waals surface area contributed by atoms with Crippen molar-refractivity contribution in [2.75, 3.05) is 7.11 Å². The molecule has 2 aromatic carbocycles. The molecular formula is C15H12ClNO. The molecule has 3 rings (SSSR count). The van der Waals surface area contributed by atoms with Gasteiger partial charge < -0.3 is 9.72 Å². The number of hydrogen-bond acceptors (Lipinski definition) is 1. The van der Waals surface area contributed by atoms with Crippen LogP contribution in [0.2, 0.25) is 5.02 Å². The Morgan fingerprint density at radius 1 is 1.06 bits per heavy atom. The van der Waals surface area contributed by atoms with E-state index >= 15 is 0 Å². The van der Waals surface area contributed by atoms with Gasteiger partial charge in [0, 0.05) is 27.2 Å². The number of methoxy groups -OCH3 is 1. The molecule has 1 aromatic heterocycles. The molecule has 1 heterocycles. The molecule has 90 valence electrons. The number of fused-ring (bicyclic) bond motifs is 1. The third-order valence-electron chi connectivity index (χ3n) is 2.97. The van der Waals surface area contributed by atoms with Crippen LogP contribution in [0.5, 0.6) is 5.75 Å². The number of halogens is 1. The van der Waals surface area contributed by atoms with Crippen LogP contribution in [-0.2, 0) is 0 Å². The van der Waals surface area contributed by atoms with Crippen molar-refractivity contribution < 1.29 is 4.74 Å². The van der Waals surface area contributed by atoms with Crippen LogP contribution < -0.4 is 4.74 Å². The van der Waals surface area contributed by atoms with Gasteiger partial charge in [-0.25, -0.2) is 0 Å². The van der Waals surface area contributed by atoms with E-state index in [2.05, 4.69) is 17.1 Å². The molecule has 0 unspecified atom stereocenters. The van der Waals surface area contributed by atoms with Crippen LogP contribution in [0, 0.1) is 0 Å². The zero-order valence-corrected chi connectivity index (χ0v) is 10.7. The summed E-state index contributed by atoms with van der Waals surface area (Å²) in [5.74, 6) is 0.851. The van der Waals surface area contributed by atoms with Crippen molar-refractivity contribution in [1.29, 1.82) is 0 Å². The second-order valence-corrected chi connectivity index (χ2v) is 4.58. The van der Waals surface area contributed by atoms with E-state index in [1.165, 1.54) is 0 Å². The molecule has 18 heavy (non-hydrogen) atoms. The summed E-state index contributed by atoms with van der Waals surface area (Å²) < 4.78 is 5.23. The predicted molar refractivity (Wildman–Crippen MR) is 75.3 cm³/mol. The molecule has 0 radical (unpaired) electrons. The highest BCUT2D eigenvalue weighted by molar-refractivity contribution is 6.31. The van der Waals surface area contributed by atoms with Gasteiger partial charge in [-0.05, 0) is 30.3 Å². The van der Waals surface area contributed by atoms with Gasteiger partial charge in [-0.1, -0.05) is 29.8 Å². The monoisotopic (exact) mass is 257 g/mol. The molecule has 0 fully saturated rings. The number of rotatable bonds is 2. The van der Waals surface area contributed by atoms with Crippen molar-refractivity contribution >= 4 is 22.5 Å². The highest BCUT2D eigenvalue weighted by Crippen LogP contribution is 2.28. The van der Waals surface area contributed by atoms with Crippen LogP contribution in [-0.4, -0.2) is 12.1 Å². The predicted octanol–water partition coefficient (Wildman–Crippen LogP) is 4.50. The summed E-state index contributed by atoms with van der Waals surface area (Å²) in [5, 5.41) is 1.89. The summed E-state index contributed by atoms with van der Waals surface area (Å²) >= 11 is 5.98. The average molecular weight is 258 g/mol. The summed E-state index contributed by atoms with van der Waals surface area (Å²) in [6, 6.07) is 15.9. The molecule has 3 heteroatoms. The van der Waals surface area contributed by atoms with E-state index in [1.807, 2.05) is 36.4 Å². The Balaban J connectivity index is 2.13. The fraction of sp³-hybridized carbons (Fsp3) is 0.0667. The maximum atomic E-state index is 5.98. The van der Waals surface area contributed by atoms with Crippen molar-refractivity contribution in [2.45, 2.75) is 0 Å². The topological polar surface area (TPSA) is 25.0 Å². The summed E-state index contributed by atoms with van der Waals surface area (Å²) in [7, 11) is 1.67.